The van der Waals surface area contributed by atoms with E-state index < -0.39 is 0 Å². The fraction of sp³-hybridized carbons (Fsp3) is 0.167. The standard InChI is InChI=1S/C18H18N4OS/c1-21(12-15-8-4-2-5-9-15)17(23)13-24-18-19-14-22(20-18)16-10-6-3-7-11-16/h2-11,14H,12-13H2,1H3. The van der Waals surface area contributed by atoms with E-state index >= 15 is 0 Å². The van der Waals surface area contributed by atoms with Gasteiger partial charge in [-0.1, -0.05) is 60.3 Å². The minimum atomic E-state index is 0.0555. The third kappa shape index (κ3) is 4.23. The maximum Gasteiger partial charge on any atom is 0.233 e. The molecule has 0 spiro atoms. The van der Waals surface area contributed by atoms with Crippen LogP contribution in [0.3, 0.4) is 0 Å². The molecule has 1 heterocycles. The van der Waals surface area contributed by atoms with Crippen molar-refractivity contribution in [2.75, 3.05) is 12.8 Å². The van der Waals surface area contributed by atoms with Gasteiger partial charge in [0, 0.05) is 13.6 Å². The van der Waals surface area contributed by atoms with Crippen molar-refractivity contribution in [1.29, 1.82) is 0 Å². The van der Waals surface area contributed by atoms with Crippen LogP contribution in [0.15, 0.2) is 72.1 Å². The molecule has 0 aliphatic rings. The van der Waals surface area contributed by atoms with Gasteiger partial charge in [0.25, 0.3) is 0 Å². The predicted molar refractivity (Wildman–Crippen MR) is 95.0 cm³/mol. The van der Waals surface area contributed by atoms with E-state index in [-0.39, 0.29) is 5.91 Å². The Balaban J connectivity index is 1.54. The van der Waals surface area contributed by atoms with Gasteiger partial charge < -0.3 is 4.90 Å². The van der Waals surface area contributed by atoms with E-state index in [9.17, 15) is 4.79 Å². The van der Waals surface area contributed by atoms with E-state index in [1.807, 2.05) is 67.7 Å². The zero-order chi connectivity index (χ0) is 16.8. The summed E-state index contributed by atoms with van der Waals surface area (Å²) in [4.78, 5) is 18.2. The van der Waals surface area contributed by atoms with Crippen molar-refractivity contribution >= 4 is 17.7 Å². The summed E-state index contributed by atoms with van der Waals surface area (Å²) in [5.41, 5.74) is 2.06. The zero-order valence-corrected chi connectivity index (χ0v) is 14.2. The SMILES string of the molecule is CN(Cc1ccccc1)C(=O)CSc1ncn(-c2ccccc2)n1. The maximum atomic E-state index is 12.2. The molecule has 0 atom stereocenters. The summed E-state index contributed by atoms with van der Waals surface area (Å²) in [7, 11) is 1.81. The Morgan fingerprint density at radius 3 is 2.46 bits per heavy atom. The van der Waals surface area contributed by atoms with Crippen molar-refractivity contribution in [1.82, 2.24) is 19.7 Å². The third-order valence-electron chi connectivity index (χ3n) is 3.50. The molecule has 5 nitrogen and oxygen atoms in total. The lowest BCUT2D eigenvalue weighted by atomic mass is 10.2. The normalized spacial score (nSPS) is 10.5. The number of aromatic nitrogens is 3. The average Bonchev–Trinajstić information content (AvgIpc) is 3.10. The summed E-state index contributed by atoms with van der Waals surface area (Å²) in [6.07, 6.45) is 1.66. The number of amides is 1. The zero-order valence-electron chi connectivity index (χ0n) is 13.4. The fourth-order valence-electron chi connectivity index (χ4n) is 2.20. The molecule has 0 radical (unpaired) electrons. The van der Waals surface area contributed by atoms with Crippen LogP contribution in [0.4, 0.5) is 0 Å². The molecule has 6 heteroatoms. The first kappa shape index (κ1) is 16.3. The second kappa shape index (κ2) is 7.79. The van der Waals surface area contributed by atoms with Gasteiger partial charge >= 0.3 is 0 Å². The van der Waals surface area contributed by atoms with Crippen LogP contribution in [-0.4, -0.2) is 38.4 Å². The number of rotatable bonds is 6. The highest BCUT2D eigenvalue weighted by atomic mass is 32.2. The molecule has 2 aromatic carbocycles. The van der Waals surface area contributed by atoms with Gasteiger partial charge in [0.15, 0.2) is 0 Å². The molecule has 3 rings (SSSR count). The van der Waals surface area contributed by atoms with Crippen LogP contribution in [0.1, 0.15) is 5.56 Å². The molecule has 3 aromatic rings. The van der Waals surface area contributed by atoms with E-state index in [2.05, 4.69) is 10.1 Å². The maximum absolute atomic E-state index is 12.2. The fourth-order valence-corrected chi connectivity index (χ4v) is 2.94. The molecule has 0 aliphatic carbocycles. The number of hydrogen-bond acceptors (Lipinski definition) is 4. The van der Waals surface area contributed by atoms with Gasteiger partial charge in [-0.25, -0.2) is 9.67 Å². The quantitative estimate of drug-likeness (QED) is 0.648. The van der Waals surface area contributed by atoms with Gasteiger partial charge in [-0.05, 0) is 17.7 Å². The Labute approximate surface area is 145 Å². The molecular formula is C18H18N4OS. The lowest BCUT2D eigenvalue weighted by molar-refractivity contribution is -0.127. The number of carbonyl (C=O) groups excluding carboxylic acids is 1. The first-order valence-corrected chi connectivity index (χ1v) is 8.59. The molecule has 0 aliphatic heterocycles. The van der Waals surface area contributed by atoms with Crippen LogP contribution in [0.5, 0.6) is 0 Å². The average molecular weight is 338 g/mol. The van der Waals surface area contributed by atoms with Crippen molar-refractivity contribution in [2.24, 2.45) is 0 Å². The topological polar surface area (TPSA) is 51.0 Å². The van der Waals surface area contributed by atoms with Gasteiger partial charge in [0.05, 0.1) is 11.4 Å². The van der Waals surface area contributed by atoms with E-state index in [4.69, 9.17) is 0 Å². The molecule has 24 heavy (non-hydrogen) atoms. The summed E-state index contributed by atoms with van der Waals surface area (Å²) in [5.74, 6) is 0.377. The Morgan fingerprint density at radius 2 is 1.75 bits per heavy atom. The number of hydrogen-bond donors (Lipinski definition) is 0. The van der Waals surface area contributed by atoms with Gasteiger partial charge in [-0.15, -0.1) is 5.10 Å². The highest BCUT2D eigenvalue weighted by Crippen LogP contribution is 2.15. The minimum absolute atomic E-state index is 0.0555. The van der Waals surface area contributed by atoms with Crippen molar-refractivity contribution in [3.8, 4) is 5.69 Å². The predicted octanol–water partition coefficient (Wildman–Crippen LogP) is 3.02. The number of nitrogens with zero attached hydrogens (tertiary/aromatic N) is 4. The molecular weight excluding hydrogens is 320 g/mol. The van der Waals surface area contributed by atoms with E-state index in [0.717, 1.165) is 11.3 Å². The minimum Gasteiger partial charge on any atom is -0.341 e. The number of thioether (sulfide) groups is 1. The first-order chi connectivity index (χ1) is 11.7. The Hall–Kier alpha value is -2.60. The van der Waals surface area contributed by atoms with Crippen LogP contribution in [0, 0.1) is 0 Å². The van der Waals surface area contributed by atoms with E-state index in [1.54, 1.807) is 15.9 Å². The molecule has 122 valence electrons. The van der Waals surface area contributed by atoms with Crippen LogP contribution in [0.25, 0.3) is 5.69 Å². The van der Waals surface area contributed by atoms with Crippen molar-refractivity contribution in [2.45, 2.75) is 11.7 Å². The van der Waals surface area contributed by atoms with E-state index in [1.165, 1.54) is 11.8 Å². The molecule has 0 saturated heterocycles. The third-order valence-corrected chi connectivity index (χ3v) is 4.34. The first-order valence-electron chi connectivity index (χ1n) is 7.60. The molecule has 0 bridgehead atoms. The highest BCUT2D eigenvalue weighted by Gasteiger charge is 2.12. The van der Waals surface area contributed by atoms with Crippen LogP contribution < -0.4 is 0 Å². The summed E-state index contributed by atoms with van der Waals surface area (Å²) < 4.78 is 1.71. The van der Waals surface area contributed by atoms with Crippen molar-refractivity contribution in [3.05, 3.63) is 72.6 Å². The second-order valence-electron chi connectivity index (χ2n) is 5.33. The summed E-state index contributed by atoms with van der Waals surface area (Å²) >= 11 is 1.35. The summed E-state index contributed by atoms with van der Waals surface area (Å²) in [6, 6.07) is 19.7. The molecule has 1 amide bonds. The van der Waals surface area contributed by atoms with Gasteiger partial charge in [-0.3, -0.25) is 4.79 Å². The summed E-state index contributed by atoms with van der Waals surface area (Å²) in [5, 5.41) is 4.99. The van der Waals surface area contributed by atoms with Crippen LogP contribution >= 0.6 is 11.8 Å². The second-order valence-corrected chi connectivity index (χ2v) is 6.27. The Bertz CT molecular complexity index is 789. The Kier molecular flexibility index (Phi) is 5.28. The molecule has 1 aromatic heterocycles. The summed E-state index contributed by atoms with van der Waals surface area (Å²) in [6.45, 7) is 0.603. The number of benzene rings is 2. The molecule has 0 fully saturated rings. The van der Waals surface area contributed by atoms with Gasteiger partial charge in [0.1, 0.15) is 6.33 Å². The van der Waals surface area contributed by atoms with Gasteiger partial charge in [-0.2, -0.15) is 0 Å². The van der Waals surface area contributed by atoms with Crippen LogP contribution in [-0.2, 0) is 11.3 Å². The molecule has 0 saturated carbocycles. The monoisotopic (exact) mass is 338 g/mol. The van der Waals surface area contributed by atoms with Crippen molar-refractivity contribution in [3.63, 3.8) is 0 Å². The molecule has 0 N–H and O–H groups in total. The van der Waals surface area contributed by atoms with Crippen LogP contribution in [0.2, 0.25) is 0 Å². The number of para-hydroxylation sites is 1. The van der Waals surface area contributed by atoms with Crippen molar-refractivity contribution < 1.29 is 4.79 Å². The Morgan fingerprint density at radius 1 is 1.08 bits per heavy atom. The highest BCUT2D eigenvalue weighted by molar-refractivity contribution is 7.99. The lowest BCUT2D eigenvalue weighted by Crippen LogP contribution is -2.27. The van der Waals surface area contributed by atoms with Gasteiger partial charge in [0.2, 0.25) is 11.1 Å². The lowest BCUT2D eigenvalue weighted by Gasteiger charge is -2.16. The largest absolute Gasteiger partial charge is 0.341 e. The van der Waals surface area contributed by atoms with E-state index in [0.29, 0.717) is 17.5 Å². The smallest absolute Gasteiger partial charge is 0.233 e. The molecule has 0 unspecified atom stereocenters. The number of carbonyl (C=O) groups is 1.